The molecule has 0 radical (unpaired) electrons. The molecular formula is C13H13N3. The van der Waals surface area contributed by atoms with E-state index in [1.54, 1.807) is 0 Å². The van der Waals surface area contributed by atoms with Crippen molar-refractivity contribution in [2.45, 2.75) is 13.0 Å². The van der Waals surface area contributed by atoms with E-state index in [1.165, 1.54) is 16.8 Å². The predicted molar refractivity (Wildman–Crippen MR) is 63.9 cm³/mol. The Bertz CT molecular complexity index is 511. The molecule has 0 bridgehead atoms. The summed E-state index contributed by atoms with van der Waals surface area (Å²) in [5.74, 6) is 0. The van der Waals surface area contributed by atoms with Crippen molar-refractivity contribution in [2.24, 2.45) is 4.99 Å². The fraction of sp³-hybridized carbons (Fsp3) is 0.231. The van der Waals surface area contributed by atoms with E-state index in [0.717, 1.165) is 19.5 Å². The van der Waals surface area contributed by atoms with E-state index >= 15 is 0 Å². The highest BCUT2D eigenvalue weighted by Crippen LogP contribution is 2.11. The van der Waals surface area contributed by atoms with Crippen LogP contribution in [-0.4, -0.2) is 22.5 Å². The molecule has 1 aliphatic heterocycles. The standard InChI is InChI=1S/C13H13N3/c1-2-4-11(5-3-1)9-16-10-12-8-14-7-6-13(12)15-16/h1-5,8,10H,6-7,9H2. The van der Waals surface area contributed by atoms with Crippen LogP contribution in [0.2, 0.25) is 0 Å². The second kappa shape index (κ2) is 3.93. The molecule has 2 aromatic rings. The van der Waals surface area contributed by atoms with Gasteiger partial charge in [-0.15, -0.1) is 0 Å². The van der Waals surface area contributed by atoms with Gasteiger partial charge in [-0.2, -0.15) is 5.10 Å². The zero-order valence-corrected chi connectivity index (χ0v) is 9.00. The zero-order chi connectivity index (χ0) is 10.8. The van der Waals surface area contributed by atoms with Crippen LogP contribution in [0.5, 0.6) is 0 Å². The van der Waals surface area contributed by atoms with Gasteiger partial charge in [0, 0.05) is 30.9 Å². The number of rotatable bonds is 2. The summed E-state index contributed by atoms with van der Waals surface area (Å²) in [7, 11) is 0. The Morgan fingerprint density at radius 1 is 1.19 bits per heavy atom. The first-order chi connectivity index (χ1) is 7.92. The van der Waals surface area contributed by atoms with E-state index in [-0.39, 0.29) is 0 Å². The Hall–Kier alpha value is -1.90. The van der Waals surface area contributed by atoms with Gasteiger partial charge in [0.1, 0.15) is 0 Å². The molecule has 3 nitrogen and oxygen atoms in total. The van der Waals surface area contributed by atoms with Crippen LogP contribution in [0.15, 0.2) is 41.5 Å². The molecule has 1 aromatic carbocycles. The minimum Gasteiger partial charge on any atom is -0.292 e. The van der Waals surface area contributed by atoms with Gasteiger partial charge < -0.3 is 0 Å². The van der Waals surface area contributed by atoms with Crippen LogP contribution in [0.1, 0.15) is 16.8 Å². The molecule has 3 rings (SSSR count). The molecule has 1 aliphatic rings. The van der Waals surface area contributed by atoms with Crippen LogP contribution in [0.4, 0.5) is 0 Å². The van der Waals surface area contributed by atoms with Crippen LogP contribution < -0.4 is 0 Å². The van der Waals surface area contributed by atoms with Crippen molar-refractivity contribution >= 4 is 6.21 Å². The van der Waals surface area contributed by atoms with Crippen molar-refractivity contribution in [1.82, 2.24) is 9.78 Å². The first-order valence-electron chi connectivity index (χ1n) is 5.52. The predicted octanol–water partition coefficient (Wildman–Crippen LogP) is 1.91. The van der Waals surface area contributed by atoms with E-state index in [1.807, 2.05) is 17.0 Å². The number of hydrogen-bond acceptors (Lipinski definition) is 2. The van der Waals surface area contributed by atoms with Gasteiger partial charge >= 0.3 is 0 Å². The molecule has 3 heteroatoms. The molecular weight excluding hydrogens is 198 g/mol. The van der Waals surface area contributed by atoms with Crippen LogP contribution >= 0.6 is 0 Å². The smallest absolute Gasteiger partial charge is 0.0730 e. The van der Waals surface area contributed by atoms with E-state index in [9.17, 15) is 0 Å². The van der Waals surface area contributed by atoms with E-state index in [0.29, 0.717) is 0 Å². The first kappa shape index (κ1) is 9.33. The first-order valence-corrected chi connectivity index (χ1v) is 5.52. The average Bonchev–Trinajstić information content (AvgIpc) is 2.72. The molecule has 16 heavy (non-hydrogen) atoms. The Morgan fingerprint density at radius 2 is 2.06 bits per heavy atom. The lowest BCUT2D eigenvalue weighted by molar-refractivity contribution is 0.671. The van der Waals surface area contributed by atoms with Crippen molar-refractivity contribution in [3.05, 3.63) is 53.3 Å². The third-order valence-electron chi connectivity index (χ3n) is 2.77. The number of hydrogen-bond donors (Lipinski definition) is 0. The molecule has 0 atom stereocenters. The van der Waals surface area contributed by atoms with Crippen molar-refractivity contribution in [3.8, 4) is 0 Å². The van der Waals surface area contributed by atoms with E-state index in [4.69, 9.17) is 0 Å². The lowest BCUT2D eigenvalue weighted by Gasteiger charge is -2.01. The Labute approximate surface area is 94.4 Å². The highest BCUT2D eigenvalue weighted by atomic mass is 15.3. The van der Waals surface area contributed by atoms with Crippen molar-refractivity contribution in [1.29, 1.82) is 0 Å². The summed E-state index contributed by atoms with van der Waals surface area (Å²) in [4.78, 5) is 4.26. The van der Waals surface area contributed by atoms with Gasteiger partial charge in [0.25, 0.3) is 0 Å². The molecule has 0 fully saturated rings. The minimum absolute atomic E-state index is 0.835. The Kier molecular flexibility index (Phi) is 2.29. The van der Waals surface area contributed by atoms with Crippen LogP contribution in [0, 0.1) is 0 Å². The highest BCUT2D eigenvalue weighted by molar-refractivity contribution is 5.81. The quantitative estimate of drug-likeness (QED) is 0.746. The van der Waals surface area contributed by atoms with Crippen LogP contribution in [-0.2, 0) is 13.0 Å². The molecule has 80 valence electrons. The third-order valence-corrected chi connectivity index (χ3v) is 2.77. The number of aromatic nitrogens is 2. The van der Waals surface area contributed by atoms with Gasteiger partial charge in [-0.3, -0.25) is 9.67 Å². The van der Waals surface area contributed by atoms with Gasteiger partial charge in [0.05, 0.1) is 12.2 Å². The largest absolute Gasteiger partial charge is 0.292 e. The summed E-state index contributed by atoms with van der Waals surface area (Å²) in [6, 6.07) is 10.4. The second-order valence-electron chi connectivity index (χ2n) is 4.00. The monoisotopic (exact) mass is 211 g/mol. The number of aliphatic imine (C=N–C) groups is 1. The molecule has 0 aliphatic carbocycles. The van der Waals surface area contributed by atoms with Gasteiger partial charge in [-0.05, 0) is 5.56 Å². The normalized spacial score (nSPS) is 13.8. The van der Waals surface area contributed by atoms with Gasteiger partial charge in [-0.25, -0.2) is 0 Å². The molecule has 0 N–H and O–H groups in total. The second-order valence-corrected chi connectivity index (χ2v) is 4.00. The molecule has 0 amide bonds. The van der Waals surface area contributed by atoms with Crippen molar-refractivity contribution in [2.75, 3.05) is 6.54 Å². The maximum atomic E-state index is 4.57. The molecule has 1 aromatic heterocycles. The summed E-state index contributed by atoms with van der Waals surface area (Å²) in [5.41, 5.74) is 3.62. The molecule has 0 saturated heterocycles. The number of nitrogens with zero attached hydrogens (tertiary/aromatic N) is 3. The van der Waals surface area contributed by atoms with Gasteiger partial charge in [-0.1, -0.05) is 30.3 Å². The summed E-state index contributed by atoms with van der Waals surface area (Å²) in [5, 5.41) is 4.57. The van der Waals surface area contributed by atoms with E-state index in [2.05, 4.69) is 40.6 Å². The van der Waals surface area contributed by atoms with Crippen molar-refractivity contribution < 1.29 is 0 Å². The summed E-state index contributed by atoms with van der Waals surface area (Å²) in [6.07, 6.45) is 4.96. The maximum absolute atomic E-state index is 4.57. The highest BCUT2D eigenvalue weighted by Gasteiger charge is 2.09. The minimum atomic E-state index is 0.835. The van der Waals surface area contributed by atoms with E-state index < -0.39 is 0 Å². The fourth-order valence-electron chi connectivity index (χ4n) is 1.96. The molecule has 0 saturated carbocycles. The van der Waals surface area contributed by atoms with Gasteiger partial charge in [0.2, 0.25) is 0 Å². The summed E-state index contributed by atoms with van der Waals surface area (Å²) >= 11 is 0. The topological polar surface area (TPSA) is 30.2 Å². The molecule has 0 unspecified atom stereocenters. The molecule has 0 spiro atoms. The fourth-order valence-corrected chi connectivity index (χ4v) is 1.96. The summed E-state index contributed by atoms with van der Waals surface area (Å²) < 4.78 is 2.00. The molecule has 2 heterocycles. The number of fused-ring (bicyclic) bond motifs is 1. The third kappa shape index (κ3) is 1.76. The SMILES string of the molecule is C1=NCCc2nn(Cc3ccccc3)cc21. The Morgan fingerprint density at radius 3 is 2.88 bits per heavy atom. The lowest BCUT2D eigenvalue weighted by atomic mass is 10.2. The lowest BCUT2D eigenvalue weighted by Crippen LogP contribution is -2.02. The Balaban J connectivity index is 1.86. The zero-order valence-electron chi connectivity index (χ0n) is 9.00. The summed E-state index contributed by atoms with van der Waals surface area (Å²) in [6.45, 7) is 1.71. The van der Waals surface area contributed by atoms with Crippen molar-refractivity contribution in [3.63, 3.8) is 0 Å². The maximum Gasteiger partial charge on any atom is 0.0730 e. The van der Waals surface area contributed by atoms with Gasteiger partial charge in [0.15, 0.2) is 0 Å². The number of benzene rings is 1. The van der Waals surface area contributed by atoms with Crippen LogP contribution in [0.25, 0.3) is 0 Å². The average molecular weight is 211 g/mol. The van der Waals surface area contributed by atoms with Crippen LogP contribution in [0.3, 0.4) is 0 Å².